The summed E-state index contributed by atoms with van der Waals surface area (Å²) in [6.45, 7) is 0. The van der Waals surface area contributed by atoms with Crippen LogP contribution in [0.1, 0.15) is 0 Å². The first-order chi connectivity index (χ1) is 27.3. The molecule has 0 N–H and O–H groups in total. The summed E-state index contributed by atoms with van der Waals surface area (Å²) < 4.78 is 10.9. The van der Waals surface area contributed by atoms with Crippen molar-refractivity contribution in [1.29, 1.82) is 0 Å². The van der Waals surface area contributed by atoms with Crippen LogP contribution in [0.2, 0.25) is 0 Å². The molecule has 11 rings (SSSR count). The number of fused-ring (bicyclic) bond motifs is 6. The quantitative estimate of drug-likeness (QED) is 0.169. The fraction of sp³-hybridized carbons (Fsp3) is 0. The highest BCUT2D eigenvalue weighted by Crippen LogP contribution is 2.40. The first-order valence-electron chi connectivity index (χ1n) is 17.9. The summed E-state index contributed by atoms with van der Waals surface area (Å²) in [5.41, 5.74) is 9.33. The third kappa shape index (κ3) is 5.02. The molecule has 0 amide bonds. The second-order valence-corrected chi connectivity index (χ2v) is 13.3. The number of hydrogen-bond acceptors (Lipinski definition) is 7. The molecule has 9 nitrogen and oxygen atoms in total. The van der Waals surface area contributed by atoms with Crippen LogP contribution in [0.15, 0.2) is 175 Å². The summed E-state index contributed by atoms with van der Waals surface area (Å²) in [5, 5.41) is 13.5. The van der Waals surface area contributed by atoms with Crippen molar-refractivity contribution in [2.24, 2.45) is 0 Å². The van der Waals surface area contributed by atoms with E-state index in [2.05, 4.69) is 90.0 Å². The van der Waals surface area contributed by atoms with Crippen molar-refractivity contribution in [1.82, 2.24) is 39.3 Å². The van der Waals surface area contributed by atoms with Gasteiger partial charge in [-0.1, -0.05) is 60.7 Å². The molecule has 4 aromatic carbocycles. The third-order valence-electron chi connectivity index (χ3n) is 10.1. The van der Waals surface area contributed by atoms with Gasteiger partial charge in [-0.2, -0.15) is 0 Å². The van der Waals surface area contributed by atoms with Gasteiger partial charge in [-0.05, 0) is 84.9 Å². The predicted octanol–water partition coefficient (Wildman–Crippen LogP) is 10.5. The first-order valence-corrected chi connectivity index (χ1v) is 17.9. The van der Waals surface area contributed by atoms with E-state index in [0.29, 0.717) is 11.8 Å². The summed E-state index contributed by atoms with van der Waals surface area (Å²) in [6.07, 6.45) is 7.20. The van der Waals surface area contributed by atoms with E-state index < -0.39 is 0 Å². The van der Waals surface area contributed by atoms with Gasteiger partial charge in [0.1, 0.15) is 11.6 Å². The Hall–Kier alpha value is -7.78. The number of benzene rings is 4. The van der Waals surface area contributed by atoms with Crippen LogP contribution < -0.4 is 0 Å². The highest BCUT2D eigenvalue weighted by molar-refractivity contribution is 6.15. The number of hydrogen-bond donors (Lipinski definition) is 0. The van der Waals surface area contributed by atoms with Gasteiger partial charge >= 0.3 is 0 Å². The Morgan fingerprint density at radius 3 is 1.69 bits per heavy atom. The van der Waals surface area contributed by atoms with E-state index in [-0.39, 0.29) is 0 Å². The molecule has 0 atom stereocenters. The van der Waals surface area contributed by atoms with E-state index in [1.54, 1.807) is 12.4 Å². The summed E-state index contributed by atoms with van der Waals surface area (Å²) in [4.78, 5) is 18.8. The lowest BCUT2D eigenvalue weighted by Gasteiger charge is -2.09. The minimum absolute atomic E-state index is 0.428. The molecule has 0 aliphatic rings. The number of pyridine rings is 4. The summed E-state index contributed by atoms with van der Waals surface area (Å²) in [6, 6.07) is 49.2. The SMILES string of the molecule is c1cncc(-c2cccc(-n3c4ccccc4c4ccc(-c5nnc(-c6cccc7c6c6ccccc6n7-c6cccc(-c7cccnc7)n6)o5)cc43)n2)c1. The minimum atomic E-state index is 0.428. The van der Waals surface area contributed by atoms with Crippen LogP contribution in [0.4, 0.5) is 0 Å². The van der Waals surface area contributed by atoms with E-state index >= 15 is 0 Å². The maximum Gasteiger partial charge on any atom is 0.248 e. The number of para-hydroxylation sites is 2. The van der Waals surface area contributed by atoms with Crippen LogP contribution >= 0.6 is 0 Å². The van der Waals surface area contributed by atoms with Gasteiger partial charge in [0.25, 0.3) is 0 Å². The molecule has 0 fully saturated rings. The van der Waals surface area contributed by atoms with E-state index in [1.165, 1.54) is 0 Å². The maximum atomic E-state index is 6.56. The smallest absolute Gasteiger partial charge is 0.248 e. The summed E-state index contributed by atoms with van der Waals surface area (Å²) in [7, 11) is 0. The second-order valence-electron chi connectivity index (χ2n) is 13.3. The van der Waals surface area contributed by atoms with Crippen LogP contribution in [0, 0.1) is 0 Å². The Morgan fingerprint density at radius 2 is 1.00 bits per heavy atom. The minimum Gasteiger partial charge on any atom is -0.416 e. The summed E-state index contributed by atoms with van der Waals surface area (Å²) >= 11 is 0. The molecule has 55 heavy (non-hydrogen) atoms. The fourth-order valence-electron chi connectivity index (χ4n) is 7.69. The Labute approximate surface area is 313 Å². The first kappa shape index (κ1) is 30.8. The summed E-state index contributed by atoms with van der Waals surface area (Å²) in [5.74, 6) is 2.48. The third-order valence-corrected chi connectivity index (χ3v) is 10.1. The Kier molecular flexibility index (Phi) is 6.96. The zero-order chi connectivity index (χ0) is 36.3. The standard InChI is InChI=1S/C46H28N8O/c1-3-17-38-32(12-1)33-23-22-29(26-41(33)54(38)43-21-7-16-37(50-43)31-11-9-25-48-28-31)45-51-52-46(55-45)35-14-5-19-40-44(35)34-13-2-4-18-39(34)53(40)42-20-6-15-36(49-42)30-10-8-24-47-27-30/h1-28H. The van der Waals surface area contributed by atoms with Crippen molar-refractivity contribution < 1.29 is 4.42 Å². The lowest BCUT2D eigenvalue weighted by atomic mass is 10.1. The van der Waals surface area contributed by atoms with Crippen LogP contribution in [-0.4, -0.2) is 39.3 Å². The largest absolute Gasteiger partial charge is 0.416 e. The Morgan fingerprint density at radius 1 is 0.418 bits per heavy atom. The number of aromatic nitrogens is 8. The molecule has 0 spiro atoms. The highest BCUT2D eigenvalue weighted by atomic mass is 16.4. The lowest BCUT2D eigenvalue weighted by Crippen LogP contribution is -1.98. The van der Waals surface area contributed by atoms with E-state index in [0.717, 1.165) is 88.9 Å². The van der Waals surface area contributed by atoms with Crippen LogP contribution in [-0.2, 0) is 0 Å². The topological polar surface area (TPSA) is 100 Å². The van der Waals surface area contributed by atoms with Crippen molar-refractivity contribution >= 4 is 43.6 Å². The predicted molar refractivity (Wildman–Crippen MR) is 216 cm³/mol. The molecular formula is C46H28N8O. The van der Waals surface area contributed by atoms with Crippen molar-refractivity contribution in [3.05, 3.63) is 170 Å². The molecule has 11 aromatic rings. The number of rotatable bonds is 6. The molecule has 0 aliphatic carbocycles. The van der Waals surface area contributed by atoms with Crippen molar-refractivity contribution in [3.8, 4) is 57.1 Å². The van der Waals surface area contributed by atoms with Crippen LogP contribution in [0.5, 0.6) is 0 Å². The Balaban J connectivity index is 1.04. The van der Waals surface area contributed by atoms with Crippen LogP contribution in [0.25, 0.3) is 101 Å². The monoisotopic (exact) mass is 708 g/mol. The molecular weight excluding hydrogens is 681 g/mol. The molecule has 0 saturated heterocycles. The fourth-order valence-corrected chi connectivity index (χ4v) is 7.69. The molecule has 0 bridgehead atoms. The lowest BCUT2D eigenvalue weighted by molar-refractivity contribution is 0.585. The molecule has 7 heterocycles. The van der Waals surface area contributed by atoms with E-state index in [4.69, 9.17) is 14.4 Å². The second kappa shape index (κ2) is 12.4. The van der Waals surface area contributed by atoms with Crippen LogP contribution in [0.3, 0.4) is 0 Å². The Bertz CT molecular complexity index is 3220. The molecule has 0 radical (unpaired) electrons. The average molecular weight is 709 g/mol. The van der Waals surface area contributed by atoms with Gasteiger partial charge in [0.2, 0.25) is 11.8 Å². The molecule has 9 heteroatoms. The molecule has 258 valence electrons. The average Bonchev–Trinajstić information content (AvgIpc) is 3.97. The maximum absolute atomic E-state index is 6.56. The zero-order valence-corrected chi connectivity index (χ0v) is 29.2. The molecule has 0 saturated carbocycles. The van der Waals surface area contributed by atoms with E-state index in [1.807, 2.05) is 97.3 Å². The van der Waals surface area contributed by atoms with Crippen molar-refractivity contribution in [3.63, 3.8) is 0 Å². The van der Waals surface area contributed by atoms with Gasteiger partial charge in [0, 0.05) is 68.6 Å². The normalized spacial score (nSPS) is 11.6. The van der Waals surface area contributed by atoms with E-state index in [9.17, 15) is 0 Å². The van der Waals surface area contributed by atoms with Gasteiger partial charge in [0.05, 0.1) is 33.5 Å². The molecule has 7 aromatic heterocycles. The van der Waals surface area contributed by atoms with Gasteiger partial charge in [-0.3, -0.25) is 19.1 Å². The van der Waals surface area contributed by atoms with Crippen molar-refractivity contribution in [2.45, 2.75) is 0 Å². The highest BCUT2D eigenvalue weighted by Gasteiger charge is 2.21. The van der Waals surface area contributed by atoms with Gasteiger partial charge in [-0.25, -0.2) is 9.97 Å². The number of nitrogens with zero attached hydrogens (tertiary/aromatic N) is 8. The zero-order valence-electron chi connectivity index (χ0n) is 29.2. The van der Waals surface area contributed by atoms with Gasteiger partial charge in [-0.15, -0.1) is 10.2 Å². The van der Waals surface area contributed by atoms with Gasteiger partial charge in [0.15, 0.2) is 0 Å². The molecule has 0 unspecified atom stereocenters. The van der Waals surface area contributed by atoms with Crippen molar-refractivity contribution in [2.75, 3.05) is 0 Å². The van der Waals surface area contributed by atoms with Gasteiger partial charge < -0.3 is 4.42 Å². The molecule has 0 aliphatic heterocycles.